The number of nitrogens with one attached hydrogen (secondary N) is 1. The van der Waals surface area contributed by atoms with E-state index >= 15 is 0 Å². The average molecular weight is 274 g/mol. The standard InChI is InChI=1S/C13H10N2O5/c16-13(11-3-4-12(20-11)15(17)18)14-9-1-2-10-8(7-9)5-6-19-10/h1-4,7H,5-6H2,(H,14,16). The molecular formula is C13H10N2O5. The zero-order valence-electron chi connectivity index (χ0n) is 10.3. The monoisotopic (exact) mass is 274 g/mol. The van der Waals surface area contributed by atoms with Gasteiger partial charge in [-0.15, -0.1) is 0 Å². The Balaban J connectivity index is 1.76. The molecule has 0 unspecified atom stereocenters. The number of fused-ring (bicyclic) bond motifs is 1. The normalized spacial score (nSPS) is 12.6. The molecule has 0 fully saturated rings. The van der Waals surface area contributed by atoms with E-state index in [1.807, 2.05) is 6.07 Å². The number of furan rings is 1. The summed E-state index contributed by atoms with van der Waals surface area (Å²) < 4.78 is 10.2. The quantitative estimate of drug-likeness (QED) is 0.684. The number of carbonyl (C=O) groups is 1. The Hall–Kier alpha value is -2.83. The maximum absolute atomic E-state index is 11.9. The van der Waals surface area contributed by atoms with Crippen LogP contribution in [-0.4, -0.2) is 17.4 Å². The number of hydrogen-bond donors (Lipinski definition) is 1. The molecule has 0 saturated heterocycles. The number of amides is 1. The molecule has 1 aromatic carbocycles. The van der Waals surface area contributed by atoms with Gasteiger partial charge >= 0.3 is 5.88 Å². The minimum Gasteiger partial charge on any atom is -0.493 e. The van der Waals surface area contributed by atoms with Crippen LogP contribution in [0.3, 0.4) is 0 Å². The molecule has 0 saturated carbocycles. The fourth-order valence-electron chi connectivity index (χ4n) is 2.00. The molecule has 102 valence electrons. The third-order valence-electron chi connectivity index (χ3n) is 2.94. The number of nitrogens with zero attached hydrogens (tertiary/aromatic N) is 1. The molecule has 2 aromatic rings. The lowest BCUT2D eigenvalue weighted by Crippen LogP contribution is -2.10. The molecule has 1 aliphatic heterocycles. The van der Waals surface area contributed by atoms with Gasteiger partial charge in [0, 0.05) is 12.1 Å². The van der Waals surface area contributed by atoms with Gasteiger partial charge in [-0.1, -0.05) is 0 Å². The lowest BCUT2D eigenvalue weighted by Gasteiger charge is -2.05. The Bertz CT molecular complexity index is 692. The summed E-state index contributed by atoms with van der Waals surface area (Å²) in [6, 6.07) is 7.72. The van der Waals surface area contributed by atoms with Crippen molar-refractivity contribution >= 4 is 17.5 Å². The maximum Gasteiger partial charge on any atom is 0.433 e. The number of anilines is 1. The first-order valence-electron chi connectivity index (χ1n) is 5.95. The number of nitro groups is 1. The maximum atomic E-state index is 11.9. The highest BCUT2D eigenvalue weighted by molar-refractivity contribution is 6.02. The summed E-state index contributed by atoms with van der Waals surface area (Å²) >= 11 is 0. The van der Waals surface area contributed by atoms with Crippen molar-refractivity contribution in [2.45, 2.75) is 6.42 Å². The molecule has 1 aliphatic rings. The van der Waals surface area contributed by atoms with Gasteiger partial charge < -0.3 is 14.5 Å². The predicted molar refractivity (Wildman–Crippen MR) is 69.0 cm³/mol. The summed E-state index contributed by atoms with van der Waals surface area (Å²) in [5.41, 5.74) is 1.62. The average Bonchev–Trinajstić information content (AvgIpc) is 3.07. The topological polar surface area (TPSA) is 94.6 Å². The van der Waals surface area contributed by atoms with Crippen LogP contribution in [-0.2, 0) is 6.42 Å². The number of hydrogen-bond acceptors (Lipinski definition) is 5. The van der Waals surface area contributed by atoms with Crippen LogP contribution in [0, 0.1) is 10.1 Å². The van der Waals surface area contributed by atoms with E-state index in [1.54, 1.807) is 12.1 Å². The number of ether oxygens (including phenoxy) is 1. The third kappa shape index (κ3) is 2.20. The van der Waals surface area contributed by atoms with Crippen molar-refractivity contribution in [2.24, 2.45) is 0 Å². The van der Waals surface area contributed by atoms with Gasteiger partial charge in [-0.25, -0.2) is 0 Å². The van der Waals surface area contributed by atoms with E-state index in [0.717, 1.165) is 23.8 Å². The van der Waals surface area contributed by atoms with Crippen LogP contribution in [0.4, 0.5) is 11.6 Å². The highest BCUT2D eigenvalue weighted by Gasteiger charge is 2.18. The Morgan fingerprint density at radius 1 is 1.30 bits per heavy atom. The predicted octanol–water partition coefficient (Wildman–Crippen LogP) is 2.38. The summed E-state index contributed by atoms with van der Waals surface area (Å²) in [6.07, 6.45) is 0.797. The number of rotatable bonds is 3. The first-order chi connectivity index (χ1) is 9.63. The van der Waals surface area contributed by atoms with Crippen LogP contribution in [0.1, 0.15) is 16.1 Å². The van der Waals surface area contributed by atoms with E-state index in [4.69, 9.17) is 9.15 Å². The second kappa shape index (κ2) is 4.69. The lowest BCUT2D eigenvalue weighted by molar-refractivity contribution is -0.402. The molecule has 1 aromatic heterocycles. The first kappa shape index (κ1) is 12.2. The van der Waals surface area contributed by atoms with Crippen molar-refractivity contribution in [1.29, 1.82) is 0 Å². The fourth-order valence-corrected chi connectivity index (χ4v) is 2.00. The van der Waals surface area contributed by atoms with E-state index in [1.165, 1.54) is 6.07 Å². The lowest BCUT2D eigenvalue weighted by atomic mass is 10.1. The van der Waals surface area contributed by atoms with E-state index in [-0.39, 0.29) is 5.76 Å². The van der Waals surface area contributed by atoms with Crippen LogP contribution < -0.4 is 10.1 Å². The third-order valence-corrected chi connectivity index (χ3v) is 2.94. The number of carbonyl (C=O) groups excluding carboxylic acids is 1. The minimum absolute atomic E-state index is 0.103. The second-order valence-corrected chi connectivity index (χ2v) is 4.27. The summed E-state index contributed by atoms with van der Waals surface area (Å²) in [5.74, 6) is -0.278. The van der Waals surface area contributed by atoms with Crippen molar-refractivity contribution in [3.05, 3.63) is 51.8 Å². The van der Waals surface area contributed by atoms with Crippen LogP contribution in [0.5, 0.6) is 5.75 Å². The molecule has 1 amide bonds. The van der Waals surface area contributed by atoms with E-state index in [9.17, 15) is 14.9 Å². The van der Waals surface area contributed by atoms with E-state index in [0.29, 0.717) is 12.3 Å². The van der Waals surface area contributed by atoms with E-state index in [2.05, 4.69) is 5.32 Å². The van der Waals surface area contributed by atoms with Crippen molar-refractivity contribution in [3.8, 4) is 5.75 Å². The molecule has 0 radical (unpaired) electrons. The summed E-state index contributed by atoms with van der Waals surface area (Å²) in [5, 5.41) is 13.1. The van der Waals surface area contributed by atoms with Gasteiger partial charge in [-0.2, -0.15) is 0 Å². The number of benzene rings is 1. The highest BCUT2D eigenvalue weighted by atomic mass is 16.6. The van der Waals surface area contributed by atoms with Gasteiger partial charge in [0.05, 0.1) is 12.7 Å². The van der Waals surface area contributed by atoms with Crippen molar-refractivity contribution in [2.75, 3.05) is 11.9 Å². The van der Waals surface area contributed by atoms with Gasteiger partial charge in [0.25, 0.3) is 5.91 Å². The smallest absolute Gasteiger partial charge is 0.433 e. The molecule has 0 spiro atoms. The van der Waals surface area contributed by atoms with Crippen LogP contribution in [0.15, 0.2) is 34.7 Å². The summed E-state index contributed by atoms with van der Waals surface area (Å²) in [7, 11) is 0. The Morgan fingerprint density at radius 3 is 2.90 bits per heavy atom. The second-order valence-electron chi connectivity index (χ2n) is 4.27. The molecule has 0 atom stereocenters. The molecule has 7 heteroatoms. The summed E-state index contributed by atoms with van der Waals surface area (Å²) in [4.78, 5) is 21.7. The zero-order valence-corrected chi connectivity index (χ0v) is 10.3. The van der Waals surface area contributed by atoms with Gasteiger partial charge in [0.2, 0.25) is 0 Å². The molecule has 7 nitrogen and oxygen atoms in total. The summed E-state index contributed by atoms with van der Waals surface area (Å²) in [6.45, 7) is 0.636. The Morgan fingerprint density at radius 2 is 2.15 bits per heavy atom. The van der Waals surface area contributed by atoms with Gasteiger partial charge in [0.1, 0.15) is 10.7 Å². The highest BCUT2D eigenvalue weighted by Crippen LogP contribution is 2.28. The Labute approximate surface area is 113 Å². The molecule has 1 N–H and O–H groups in total. The van der Waals surface area contributed by atoms with Crippen molar-refractivity contribution < 1.29 is 18.9 Å². The fraction of sp³-hybridized carbons (Fsp3) is 0.154. The van der Waals surface area contributed by atoms with Gasteiger partial charge in [0.15, 0.2) is 5.76 Å². The van der Waals surface area contributed by atoms with Crippen LogP contribution in [0.2, 0.25) is 0 Å². The molecular weight excluding hydrogens is 264 g/mol. The van der Waals surface area contributed by atoms with Crippen molar-refractivity contribution in [3.63, 3.8) is 0 Å². The molecule has 20 heavy (non-hydrogen) atoms. The molecule has 0 bridgehead atoms. The largest absolute Gasteiger partial charge is 0.493 e. The van der Waals surface area contributed by atoms with Crippen LogP contribution >= 0.6 is 0 Å². The first-order valence-corrected chi connectivity index (χ1v) is 5.95. The molecule has 0 aliphatic carbocycles. The van der Waals surface area contributed by atoms with E-state index < -0.39 is 16.7 Å². The zero-order chi connectivity index (χ0) is 14.1. The van der Waals surface area contributed by atoms with Crippen LogP contribution in [0.25, 0.3) is 0 Å². The Kier molecular flexibility index (Phi) is 2.86. The molecule has 2 heterocycles. The van der Waals surface area contributed by atoms with Gasteiger partial charge in [-0.05, 0) is 29.8 Å². The minimum atomic E-state index is -0.691. The molecule has 3 rings (SSSR count). The SMILES string of the molecule is O=C(Nc1ccc2c(c1)CCO2)c1ccc([N+](=O)[O-])o1. The van der Waals surface area contributed by atoms with Crippen molar-refractivity contribution in [1.82, 2.24) is 0 Å². The van der Waals surface area contributed by atoms with Gasteiger partial charge in [-0.3, -0.25) is 14.9 Å².